The zero-order valence-corrected chi connectivity index (χ0v) is 18.4. The Labute approximate surface area is 167 Å². The molecule has 27 heavy (non-hydrogen) atoms. The summed E-state index contributed by atoms with van der Waals surface area (Å²) in [4.78, 5) is 11.3. The summed E-state index contributed by atoms with van der Waals surface area (Å²) >= 11 is -1.19. The summed E-state index contributed by atoms with van der Waals surface area (Å²) in [6.07, 6.45) is 9.52. The molecule has 1 fully saturated rings. The van der Waals surface area contributed by atoms with Crippen molar-refractivity contribution in [1.82, 2.24) is 4.72 Å². The maximum absolute atomic E-state index is 12.5. The molecule has 7 heteroatoms. The molecule has 0 aromatic carbocycles. The zero-order chi connectivity index (χ0) is 20.3. The van der Waals surface area contributed by atoms with E-state index in [9.17, 15) is 9.35 Å². The van der Waals surface area contributed by atoms with Crippen molar-refractivity contribution in [3.8, 4) is 0 Å². The quantitative estimate of drug-likeness (QED) is 0.232. The molecule has 1 heterocycles. The van der Waals surface area contributed by atoms with Gasteiger partial charge < -0.3 is 18.8 Å². The number of carbonyl (C=O) groups excluding carboxylic acids is 1. The van der Waals surface area contributed by atoms with Crippen LogP contribution in [0.15, 0.2) is 12.2 Å². The van der Waals surface area contributed by atoms with Crippen LogP contribution >= 0.6 is 0 Å². The van der Waals surface area contributed by atoms with Gasteiger partial charge in [-0.15, -0.1) is 4.72 Å². The molecule has 0 aromatic heterocycles. The number of hydrogen-bond acceptors (Lipinski definition) is 6. The molecule has 6 nitrogen and oxygen atoms in total. The molecule has 0 radical (unpaired) electrons. The van der Waals surface area contributed by atoms with E-state index in [4.69, 9.17) is 9.47 Å². The summed E-state index contributed by atoms with van der Waals surface area (Å²) in [5.74, 6) is -0.908. The van der Waals surface area contributed by atoms with Crippen molar-refractivity contribution in [1.29, 1.82) is 0 Å². The van der Waals surface area contributed by atoms with Gasteiger partial charge in [0.15, 0.2) is 5.79 Å². The van der Waals surface area contributed by atoms with Crippen molar-refractivity contribution in [3.63, 3.8) is 0 Å². The summed E-state index contributed by atoms with van der Waals surface area (Å²) in [7, 11) is 1.35. The first kappa shape index (κ1) is 24.4. The lowest BCUT2D eigenvalue weighted by Gasteiger charge is -2.31. The van der Waals surface area contributed by atoms with Gasteiger partial charge in [-0.25, -0.2) is 4.79 Å². The third-order valence-electron chi connectivity index (χ3n) is 4.55. The van der Waals surface area contributed by atoms with Crippen LogP contribution in [-0.4, -0.2) is 47.4 Å². The Morgan fingerprint density at radius 3 is 2.52 bits per heavy atom. The predicted molar refractivity (Wildman–Crippen MR) is 109 cm³/mol. The van der Waals surface area contributed by atoms with Gasteiger partial charge in [0.2, 0.25) is 0 Å². The molecule has 1 aliphatic heterocycles. The van der Waals surface area contributed by atoms with Gasteiger partial charge in [0.1, 0.15) is 4.75 Å². The monoisotopic (exact) mass is 403 g/mol. The predicted octanol–water partition coefficient (Wildman–Crippen LogP) is 3.63. The first-order valence-electron chi connectivity index (χ1n) is 9.93. The Morgan fingerprint density at radius 2 is 1.96 bits per heavy atom. The van der Waals surface area contributed by atoms with E-state index in [-0.39, 0.29) is 16.8 Å². The number of nitrogens with one attached hydrogen (secondary N) is 1. The molecule has 1 unspecified atom stereocenters. The first-order chi connectivity index (χ1) is 12.7. The summed E-state index contributed by atoms with van der Waals surface area (Å²) in [6.45, 7) is 9.24. The molecule has 1 saturated heterocycles. The molecular formula is C20H37NO5S. The van der Waals surface area contributed by atoms with E-state index in [0.29, 0.717) is 19.6 Å². The third kappa shape index (κ3) is 9.43. The topological polar surface area (TPSA) is 79.9 Å². The van der Waals surface area contributed by atoms with Crippen molar-refractivity contribution in [2.75, 3.05) is 20.3 Å². The van der Waals surface area contributed by atoms with Crippen LogP contribution in [0, 0.1) is 0 Å². The minimum Gasteiger partial charge on any atom is -0.598 e. The molecule has 0 amide bonds. The molecule has 0 bridgehead atoms. The van der Waals surface area contributed by atoms with Gasteiger partial charge in [0.25, 0.3) is 0 Å². The standard InChI is InChI=1S/C20H37NO5S/c1-6-7-8-13-20(25-15-16-26-20)14-12-17(10-9-11-18(22)24-5)21-27(23)19(2,3)4/h9,11,17,21H,6-8,10,12-16H2,1-5H3/b11-9+/t17-,27?/m1/s1. The van der Waals surface area contributed by atoms with Crippen LogP contribution in [0.3, 0.4) is 0 Å². The molecule has 2 atom stereocenters. The number of ether oxygens (including phenoxy) is 3. The van der Waals surface area contributed by atoms with Crippen LogP contribution in [0.25, 0.3) is 0 Å². The van der Waals surface area contributed by atoms with Gasteiger partial charge in [-0.05, 0) is 40.0 Å². The van der Waals surface area contributed by atoms with Crippen LogP contribution < -0.4 is 4.72 Å². The number of unbranched alkanes of at least 4 members (excludes halogenated alkanes) is 2. The zero-order valence-electron chi connectivity index (χ0n) is 17.5. The van der Waals surface area contributed by atoms with Gasteiger partial charge >= 0.3 is 5.97 Å². The van der Waals surface area contributed by atoms with E-state index >= 15 is 0 Å². The van der Waals surface area contributed by atoms with Crippen molar-refractivity contribution in [3.05, 3.63) is 12.2 Å². The average Bonchev–Trinajstić information content (AvgIpc) is 3.07. The molecule has 0 spiro atoms. The van der Waals surface area contributed by atoms with Crippen LogP contribution in [0.4, 0.5) is 0 Å². The number of hydrogen-bond donors (Lipinski definition) is 1. The van der Waals surface area contributed by atoms with Gasteiger partial charge in [-0.3, -0.25) is 0 Å². The number of esters is 1. The third-order valence-corrected chi connectivity index (χ3v) is 6.21. The van der Waals surface area contributed by atoms with Gasteiger partial charge in [0.05, 0.1) is 26.4 Å². The highest BCUT2D eigenvalue weighted by Gasteiger charge is 2.37. The van der Waals surface area contributed by atoms with E-state index < -0.39 is 17.1 Å². The molecule has 0 aliphatic carbocycles. The largest absolute Gasteiger partial charge is 0.598 e. The minimum atomic E-state index is -1.19. The number of rotatable bonds is 12. The molecule has 0 aromatic rings. The fourth-order valence-electron chi connectivity index (χ4n) is 2.90. The SMILES string of the molecule is CCCCCC1(CC[C@@H](C/C=C/C(=O)OC)N[S+]([O-])C(C)(C)C)OCCO1. The Morgan fingerprint density at radius 1 is 1.30 bits per heavy atom. The van der Waals surface area contributed by atoms with Crippen molar-refractivity contribution in [2.45, 2.75) is 89.2 Å². The normalized spacial score (nSPS) is 19.3. The average molecular weight is 404 g/mol. The molecule has 0 saturated carbocycles. The lowest BCUT2D eigenvalue weighted by molar-refractivity contribution is -0.169. The van der Waals surface area contributed by atoms with E-state index in [1.807, 2.05) is 20.8 Å². The van der Waals surface area contributed by atoms with E-state index in [1.165, 1.54) is 13.2 Å². The van der Waals surface area contributed by atoms with Crippen LogP contribution in [-0.2, 0) is 30.4 Å². The summed E-state index contributed by atoms with van der Waals surface area (Å²) in [5, 5.41) is 0. The molecule has 158 valence electrons. The van der Waals surface area contributed by atoms with Crippen LogP contribution in [0.5, 0.6) is 0 Å². The molecule has 1 aliphatic rings. The maximum Gasteiger partial charge on any atom is 0.330 e. The van der Waals surface area contributed by atoms with E-state index in [2.05, 4.69) is 16.4 Å². The van der Waals surface area contributed by atoms with Crippen molar-refractivity contribution in [2.24, 2.45) is 0 Å². The fourth-order valence-corrected chi connectivity index (χ4v) is 3.77. The van der Waals surface area contributed by atoms with Crippen molar-refractivity contribution < 1.29 is 23.6 Å². The van der Waals surface area contributed by atoms with E-state index in [0.717, 1.165) is 38.5 Å². The molecular weight excluding hydrogens is 366 g/mol. The summed E-state index contributed by atoms with van der Waals surface area (Å²) < 4.78 is 31.9. The number of methoxy groups -OCH3 is 1. The Hall–Kier alpha value is -0.600. The van der Waals surface area contributed by atoms with E-state index in [1.54, 1.807) is 6.08 Å². The minimum absolute atomic E-state index is 0.0400. The van der Waals surface area contributed by atoms with Gasteiger partial charge in [-0.1, -0.05) is 25.8 Å². The molecule has 1 rings (SSSR count). The second-order valence-electron chi connectivity index (χ2n) is 7.96. The lowest BCUT2D eigenvalue weighted by Crippen LogP contribution is -2.45. The lowest BCUT2D eigenvalue weighted by atomic mass is 9.98. The Balaban J connectivity index is 2.69. The number of carbonyl (C=O) groups is 1. The second-order valence-corrected chi connectivity index (χ2v) is 9.96. The summed E-state index contributed by atoms with van der Waals surface area (Å²) in [6, 6.07) is -0.0400. The van der Waals surface area contributed by atoms with Crippen LogP contribution in [0.1, 0.15) is 72.6 Å². The van der Waals surface area contributed by atoms with Gasteiger partial charge in [0, 0.05) is 30.3 Å². The van der Waals surface area contributed by atoms with Crippen molar-refractivity contribution >= 4 is 17.3 Å². The fraction of sp³-hybridized carbons (Fsp3) is 0.850. The molecule has 1 N–H and O–H groups in total. The smallest absolute Gasteiger partial charge is 0.330 e. The first-order valence-corrected chi connectivity index (χ1v) is 11.1. The highest BCUT2D eigenvalue weighted by Crippen LogP contribution is 2.32. The Kier molecular flexibility index (Phi) is 10.9. The maximum atomic E-state index is 12.5. The Bertz CT molecular complexity index is 458. The highest BCUT2D eigenvalue weighted by atomic mass is 32.2. The van der Waals surface area contributed by atoms with Crippen LogP contribution in [0.2, 0.25) is 0 Å². The highest BCUT2D eigenvalue weighted by molar-refractivity contribution is 7.90. The van der Waals surface area contributed by atoms with Gasteiger partial charge in [-0.2, -0.15) is 0 Å². The summed E-state index contributed by atoms with van der Waals surface area (Å²) in [5.41, 5.74) is 0. The second kappa shape index (κ2) is 12.1.